The van der Waals surface area contributed by atoms with Crippen molar-refractivity contribution < 1.29 is 9.31 Å². The second-order valence-electron chi connectivity index (χ2n) is 10.0. The van der Waals surface area contributed by atoms with E-state index >= 15 is 0 Å². The van der Waals surface area contributed by atoms with E-state index in [2.05, 4.69) is 94.4 Å². The van der Waals surface area contributed by atoms with Crippen LogP contribution in [0.5, 0.6) is 0 Å². The van der Waals surface area contributed by atoms with Crippen LogP contribution in [-0.2, 0) is 9.31 Å². The summed E-state index contributed by atoms with van der Waals surface area (Å²) in [6.45, 7) is 8.46. The fourth-order valence-corrected chi connectivity index (χ4v) is 7.61. The van der Waals surface area contributed by atoms with Crippen molar-refractivity contribution in [2.45, 2.75) is 38.9 Å². The van der Waals surface area contributed by atoms with E-state index in [1.807, 2.05) is 22.7 Å². The molecule has 0 N–H and O–H groups in total. The summed E-state index contributed by atoms with van der Waals surface area (Å²) in [5.74, 6) is 0. The molecule has 0 atom stereocenters. The Morgan fingerprint density at radius 1 is 0.636 bits per heavy atom. The van der Waals surface area contributed by atoms with Crippen LogP contribution in [0.4, 0.5) is 0 Å². The van der Waals surface area contributed by atoms with Gasteiger partial charge in [0.15, 0.2) is 0 Å². The molecule has 0 unspecified atom stereocenters. The normalized spacial score (nSPS) is 17.9. The molecule has 5 heteroatoms. The van der Waals surface area contributed by atoms with Gasteiger partial charge in [-0.1, -0.05) is 48.5 Å². The van der Waals surface area contributed by atoms with E-state index in [0.29, 0.717) is 0 Å². The van der Waals surface area contributed by atoms with Crippen LogP contribution in [0.25, 0.3) is 51.1 Å². The molecule has 0 amide bonds. The summed E-state index contributed by atoms with van der Waals surface area (Å²) in [5, 5.41) is 7.95. The van der Waals surface area contributed by atoms with Crippen LogP contribution in [-0.4, -0.2) is 18.3 Å². The minimum atomic E-state index is -0.365. The molecule has 1 aliphatic heterocycles. The third-order valence-electron chi connectivity index (χ3n) is 7.49. The van der Waals surface area contributed by atoms with Gasteiger partial charge in [0.05, 0.1) is 11.2 Å². The minimum Gasteiger partial charge on any atom is -0.399 e. The first-order valence-corrected chi connectivity index (χ1v) is 13.0. The van der Waals surface area contributed by atoms with E-state index in [9.17, 15) is 0 Å². The summed E-state index contributed by atoms with van der Waals surface area (Å²) >= 11 is 3.75. The predicted molar refractivity (Wildman–Crippen MR) is 145 cm³/mol. The number of hydrogen-bond donors (Lipinski definition) is 0. The van der Waals surface area contributed by atoms with Gasteiger partial charge in [-0.3, -0.25) is 0 Å². The molecule has 0 radical (unpaired) electrons. The molecule has 0 bridgehead atoms. The molecule has 1 fully saturated rings. The van der Waals surface area contributed by atoms with Crippen LogP contribution < -0.4 is 5.46 Å². The third-order valence-corrected chi connectivity index (χ3v) is 9.78. The summed E-state index contributed by atoms with van der Waals surface area (Å²) in [5.41, 5.74) is 0.383. The maximum absolute atomic E-state index is 6.43. The van der Waals surface area contributed by atoms with Crippen LogP contribution in [0.2, 0.25) is 0 Å². The Hall–Kier alpha value is -2.44. The molecule has 3 heterocycles. The highest BCUT2D eigenvalue weighted by atomic mass is 32.1. The van der Waals surface area contributed by atoms with Crippen LogP contribution in [0.1, 0.15) is 27.7 Å². The van der Waals surface area contributed by atoms with Gasteiger partial charge in [0, 0.05) is 35.0 Å². The highest BCUT2D eigenvalue weighted by Crippen LogP contribution is 2.45. The Labute approximate surface area is 200 Å². The van der Waals surface area contributed by atoms with Crippen LogP contribution in [0.3, 0.4) is 0 Å². The number of fused-ring (bicyclic) bond motifs is 4. The van der Waals surface area contributed by atoms with Gasteiger partial charge in [0.25, 0.3) is 0 Å². The van der Waals surface area contributed by atoms with Gasteiger partial charge in [0.2, 0.25) is 0 Å². The van der Waals surface area contributed by atoms with E-state index in [4.69, 9.17) is 9.31 Å². The highest BCUT2D eigenvalue weighted by Gasteiger charge is 2.51. The van der Waals surface area contributed by atoms with Crippen molar-refractivity contribution in [1.82, 2.24) is 0 Å². The number of rotatable bonds is 1. The Morgan fingerprint density at radius 3 is 2.12 bits per heavy atom. The minimum absolute atomic E-state index is 0.357. The smallest absolute Gasteiger partial charge is 0.399 e. The molecule has 4 aromatic carbocycles. The second-order valence-corrected chi connectivity index (χ2v) is 12.2. The zero-order valence-electron chi connectivity index (χ0n) is 19.1. The predicted octanol–water partition coefficient (Wildman–Crippen LogP) is 7.87. The van der Waals surface area contributed by atoms with Crippen molar-refractivity contribution in [3.8, 4) is 0 Å². The lowest BCUT2D eigenvalue weighted by Crippen LogP contribution is -2.41. The van der Waals surface area contributed by atoms with Gasteiger partial charge in [-0.2, -0.15) is 0 Å². The second kappa shape index (κ2) is 6.58. The number of benzene rings is 4. The van der Waals surface area contributed by atoms with Crippen LogP contribution in [0, 0.1) is 0 Å². The van der Waals surface area contributed by atoms with Gasteiger partial charge < -0.3 is 9.31 Å². The first kappa shape index (κ1) is 20.0. The lowest BCUT2D eigenvalue weighted by molar-refractivity contribution is 0.00578. The maximum atomic E-state index is 6.43. The first-order valence-electron chi connectivity index (χ1n) is 11.4. The summed E-state index contributed by atoms with van der Waals surface area (Å²) < 4.78 is 18.1. The zero-order valence-corrected chi connectivity index (χ0v) is 20.7. The molecule has 2 nitrogen and oxygen atoms in total. The zero-order chi connectivity index (χ0) is 22.5. The van der Waals surface area contributed by atoms with Gasteiger partial charge >= 0.3 is 7.12 Å². The van der Waals surface area contributed by atoms with Crippen molar-refractivity contribution in [3.63, 3.8) is 0 Å². The SMILES string of the molecule is CC1(C)OB(c2cc3sc4cccc5c6ccc7ccccc7c6sc(c2)c3c45)OC1(C)C. The van der Waals surface area contributed by atoms with Crippen molar-refractivity contribution >= 4 is 86.4 Å². The lowest BCUT2D eigenvalue weighted by atomic mass is 9.79. The molecular weight excluding hydrogens is 443 g/mol. The Bertz CT molecular complexity index is 1730. The quantitative estimate of drug-likeness (QED) is 0.230. The van der Waals surface area contributed by atoms with E-state index in [-0.39, 0.29) is 18.3 Å². The molecule has 33 heavy (non-hydrogen) atoms. The van der Waals surface area contributed by atoms with Gasteiger partial charge in [0.1, 0.15) is 0 Å². The Kier molecular flexibility index (Phi) is 3.98. The van der Waals surface area contributed by atoms with Crippen molar-refractivity contribution in [3.05, 3.63) is 66.7 Å². The summed E-state index contributed by atoms with van der Waals surface area (Å²) in [4.78, 5) is 0. The number of thiophene rings is 1. The topological polar surface area (TPSA) is 18.5 Å². The Balaban J connectivity index is 1.63. The van der Waals surface area contributed by atoms with Crippen LogP contribution >= 0.6 is 22.7 Å². The molecule has 1 aliphatic rings. The fraction of sp³-hybridized carbons (Fsp3) is 0.214. The average molecular weight is 466 g/mol. The van der Waals surface area contributed by atoms with Crippen molar-refractivity contribution in [2.75, 3.05) is 0 Å². The molecule has 6 aromatic rings. The molecule has 0 aliphatic carbocycles. The van der Waals surface area contributed by atoms with E-state index in [1.54, 1.807) is 0 Å². The molecule has 0 spiro atoms. The molecule has 0 saturated carbocycles. The summed E-state index contributed by atoms with van der Waals surface area (Å²) in [7, 11) is -0.365. The van der Waals surface area contributed by atoms with E-state index in [0.717, 1.165) is 5.46 Å². The van der Waals surface area contributed by atoms with Crippen molar-refractivity contribution in [1.29, 1.82) is 0 Å². The largest absolute Gasteiger partial charge is 0.494 e. The average Bonchev–Trinajstić information content (AvgIpc) is 3.21. The molecule has 1 saturated heterocycles. The highest BCUT2D eigenvalue weighted by molar-refractivity contribution is 7.29. The van der Waals surface area contributed by atoms with E-state index in [1.165, 1.54) is 51.1 Å². The number of hydrogen-bond acceptors (Lipinski definition) is 4. The first-order chi connectivity index (χ1) is 15.8. The third kappa shape index (κ3) is 2.74. The molecular formula is C28H23BO2S2. The van der Waals surface area contributed by atoms with Gasteiger partial charge in [-0.25, -0.2) is 0 Å². The van der Waals surface area contributed by atoms with Gasteiger partial charge in [-0.05, 0) is 67.5 Å². The van der Waals surface area contributed by atoms with Crippen LogP contribution in [0.15, 0.2) is 66.7 Å². The lowest BCUT2D eigenvalue weighted by Gasteiger charge is -2.32. The molecule has 2 aromatic heterocycles. The van der Waals surface area contributed by atoms with E-state index < -0.39 is 0 Å². The standard InChI is InChI=1S/C28H23BO2S2/c1-27(2)28(3,4)31-29(30-27)17-14-22-25-23(15-17)33-26-18-9-6-5-8-16(18)12-13-20(26)19-10-7-11-21(32-22)24(19)25/h5-15H,1-4H3. The fourth-order valence-electron chi connectivity index (χ4n) is 5.02. The molecule has 7 rings (SSSR count). The monoisotopic (exact) mass is 466 g/mol. The maximum Gasteiger partial charge on any atom is 0.494 e. The van der Waals surface area contributed by atoms with Gasteiger partial charge in [-0.15, -0.1) is 22.7 Å². The molecule has 162 valence electrons. The summed E-state index contributed by atoms with van der Waals surface area (Å²) in [6, 6.07) is 24.5. The summed E-state index contributed by atoms with van der Waals surface area (Å²) in [6.07, 6.45) is 0. The Morgan fingerprint density at radius 2 is 1.33 bits per heavy atom. The van der Waals surface area contributed by atoms with Crippen molar-refractivity contribution in [2.24, 2.45) is 0 Å².